The highest BCUT2D eigenvalue weighted by Crippen LogP contribution is 2.28. The third kappa shape index (κ3) is 5.40. The number of halogens is 1. The molecule has 0 saturated heterocycles. The minimum absolute atomic E-state index is 0.271. The van der Waals surface area contributed by atoms with Crippen molar-refractivity contribution in [1.29, 1.82) is 0 Å². The summed E-state index contributed by atoms with van der Waals surface area (Å²) in [6, 6.07) is 7.94. The third-order valence-electron chi connectivity index (χ3n) is 4.32. The molecule has 1 aliphatic rings. The van der Waals surface area contributed by atoms with Gasteiger partial charge in [-0.3, -0.25) is 0 Å². The molecule has 1 fully saturated rings. The first-order valence-corrected chi connectivity index (χ1v) is 9.37. The third-order valence-corrected chi connectivity index (χ3v) is 5.63. The highest BCUT2D eigenvalue weighted by Gasteiger charge is 2.25. The van der Waals surface area contributed by atoms with E-state index in [-0.39, 0.29) is 6.03 Å². The van der Waals surface area contributed by atoms with Crippen LogP contribution in [0.25, 0.3) is 0 Å². The van der Waals surface area contributed by atoms with Crippen LogP contribution in [0.1, 0.15) is 39.0 Å². The van der Waals surface area contributed by atoms with Crippen molar-refractivity contribution in [3.63, 3.8) is 0 Å². The van der Waals surface area contributed by atoms with Crippen molar-refractivity contribution < 1.29 is 4.79 Å². The molecule has 2 rings (SSSR count). The number of carbonyl (C=O) groups is 1. The van der Waals surface area contributed by atoms with Crippen LogP contribution in [-0.2, 0) is 0 Å². The lowest BCUT2D eigenvalue weighted by Gasteiger charge is -2.35. The zero-order chi connectivity index (χ0) is 15.9. The zero-order valence-electron chi connectivity index (χ0n) is 13.1. The van der Waals surface area contributed by atoms with Gasteiger partial charge in [0.1, 0.15) is 0 Å². The largest absolute Gasteiger partial charge is 0.351 e. The Balaban J connectivity index is 1.76. The predicted octanol–water partition coefficient (Wildman–Crippen LogP) is 4.78. The molecule has 122 valence electrons. The number of hydrogen-bond donors (Lipinski definition) is 1. The fraction of sp³-hybridized carbons (Fsp3) is 0.588. The molecule has 0 unspecified atom stereocenters. The van der Waals surface area contributed by atoms with E-state index in [1.165, 1.54) is 17.7 Å². The smallest absolute Gasteiger partial charge is 0.315 e. The molecule has 1 aromatic rings. The Kier molecular flexibility index (Phi) is 6.90. The van der Waals surface area contributed by atoms with Crippen LogP contribution in [0.3, 0.4) is 0 Å². The first kappa shape index (κ1) is 17.5. The normalized spacial score (nSPS) is 21.5. The Hall–Kier alpha value is -0.870. The summed E-state index contributed by atoms with van der Waals surface area (Å²) in [5, 5.41) is 0.764. The highest BCUT2D eigenvalue weighted by atomic mass is 35.5. The summed E-state index contributed by atoms with van der Waals surface area (Å²) in [6.07, 6.45) is 5.53. The average Bonchev–Trinajstić information content (AvgIpc) is 2.48. The molecule has 0 atom stereocenters. The molecule has 0 radical (unpaired) electrons. The van der Waals surface area contributed by atoms with Gasteiger partial charge in [0.2, 0.25) is 0 Å². The van der Waals surface area contributed by atoms with Crippen molar-refractivity contribution in [1.82, 2.24) is 4.90 Å². The van der Waals surface area contributed by atoms with Crippen LogP contribution in [0.4, 0.5) is 4.79 Å². The molecular formula is C17H25ClN2OS. The van der Waals surface area contributed by atoms with Crippen molar-refractivity contribution in [2.75, 3.05) is 12.3 Å². The Morgan fingerprint density at radius 3 is 2.73 bits per heavy atom. The fourth-order valence-electron chi connectivity index (χ4n) is 3.01. The summed E-state index contributed by atoms with van der Waals surface area (Å²) in [6.45, 7) is 3.04. The van der Waals surface area contributed by atoms with Crippen molar-refractivity contribution in [3.8, 4) is 0 Å². The molecule has 1 aromatic carbocycles. The van der Waals surface area contributed by atoms with Crippen molar-refractivity contribution in [2.24, 2.45) is 11.7 Å². The van der Waals surface area contributed by atoms with E-state index in [4.69, 9.17) is 17.3 Å². The molecule has 5 heteroatoms. The molecule has 22 heavy (non-hydrogen) atoms. The average molecular weight is 341 g/mol. The molecule has 1 aliphatic carbocycles. The predicted molar refractivity (Wildman–Crippen MR) is 94.5 cm³/mol. The second-order valence-corrected chi connectivity index (χ2v) is 7.71. The quantitative estimate of drug-likeness (QED) is 0.598. The first-order chi connectivity index (χ1) is 10.6. The zero-order valence-corrected chi connectivity index (χ0v) is 14.7. The summed E-state index contributed by atoms with van der Waals surface area (Å²) >= 11 is 7.75. The molecule has 3 nitrogen and oxygen atoms in total. The maximum atomic E-state index is 11.7. The van der Waals surface area contributed by atoms with E-state index in [0.29, 0.717) is 6.04 Å². The van der Waals surface area contributed by atoms with Crippen molar-refractivity contribution >= 4 is 29.4 Å². The SMILES string of the molecule is C[C@H]1CC[C@H](N(CCCSc2cccc(Cl)c2)C(N)=O)CC1. The summed E-state index contributed by atoms with van der Waals surface area (Å²) in [5.74, 6) is 1.75. The number of benzene rings is 1. The maximum absolute atomic E-state index is 11.7. The topological polar surface area (TPSA) is 46.3 Å². The number of primary amides is 1. The van der Waals surface area contributed by atoms with Crippen molar-refractivity contribution in [3.05, 3.63) is 29.3 Å². The van der Waals surface area contributed by atoms with Crippen molar-refractivity contribution in [2.45, 2.75) is 50.0 Å². The van der Waals surface area contributed by atoms with Gasteiger partial charge in [-0.15, -0.1) is 11.8 Å². The second-order valence-electron chi connectivity index (χ2n) is 6.10. The second kappa shape index (κ2) is 8.68. The van der Waals surface area contributed by atoms with Gasteiger partial charge in [-0.05, 0) is 62.0 Å². The fourth-order valence-corrected chi connectivity index (χ4v) is 4.16. The molecule has 0 heterocycles. The number of nitrogens with zero attached hydrogens (tertiary/aromatic N) is 1. The van der Waals surface area contributed by atoms with Gasteiger partial charge < -0.3 is 10.6 Å². The van der Waals surface area contributed by atoms with E-state index in [1.807, 2.05) is 23.1 Å². The van der Waals surface area contributed by atoms with Crippen LogP contribution >= 0.6 is 23.4 Å². The molecule has 0 aromatic heterocycles. The number of rotatable bonds is 6. The number of nitrogens with two attached hydrogens (primary N) is 1. The minimum atomic E-state index is -0.271. The standard InChI is InChI=1S/C17H25ClN2OS/c1-13-6-8-15(9-7-13)20(17(19)21)10-3-11-22-16-5-2-4-14(18)12-16/h2,4-5,12-13,15H,3,6-11H2,1H3,(H2,19,21)/t13-,15-. The number of amides is 2. The minimum Gasteiger partial charge on any atom is -0.351 e. The molecule has 0 bridgehead atoms. The van der Waals surface area contributed by atoms with E-state index < -0.39 is 0 Å². The van der Waals surface area contributed by atoms with Gasteiger partial charge in [0.25, 0.3) is 0 Å². The summed E-state index contributed by atoms with van der Waals surface area (Å²) in [4.78, 5) is 14.8. The Morgan fingerprint density at radius 2 is 2.09 bits per heavy atom. The lowest BCUT2D eigenvalue weighted by atomic mass is 9.86. The van der Waals surface area contributed by atoms with Gasteiger partial charge >= 0.3 is 6.03 Å². The monoisotopic (exact) mass is 340 g/mol. The van der Waals surface area contributed by atoms with Gasteiger partial charge in [-0.1, -0.05) is 24.6 Å². The lowest BCUT2D eigenvalue weighted by Crippen LogP contribution is -2.45. The first-order valence-electron chi connectivity index (χ1n) is 8.00. The Bertz CT molecular complexity index is 489. The van der Waals surface area contributed by atoms with E-state index in [1.54, 1.807) is 11.8 Å². The lowest BCUT2D eigenvalue weighted by molar-refractivity contribution is 0.153. The highest BCUT2D eigenvalue weighted by molar-refractivity contribution is 7.99. The van der Waals surface area contributed by atoms with E-state index >= 15 is 0 Å². The molecule has 2 amide bonds. The van der Waals surface area contributed by atoms with Crippen LogP contribution in [-0.4, -0.2) is 29.3 Å². The van der Waals surface area contributed by atoms with Crippen LogP contribution < -0.4 is 5.73 Å². The van der Waals surface area contributed by atoms with Crippen LogP contribution in [0, 0.1) is 5.92 Å². The molecule has 0 aliphatic heterocycles. The van der Waals surface area contributed by atoms with E-state index in [9.17, 15) is 4.79 Å². The molecular weight excluding hydrogens is 316 g/mol. The summed E-state index contributed by atoms with van der Waals surface area (Å²) in [5.41, 5.74) is 5.58. The molecule has 0 spiro atoms. The van der Waals surface area contributed by atoms with Gasteiger partial charge in [-0.2, -0.15) is 0 Å². The number of thioether (sulfide) groups is 1. The van der Waals surface area contributed by atoms with Crippen LogP contribution in [0.5, 0.6) is 0 Å². The number of carbonyl (C=O) groups excluding carboxylic acids is 1. The Labute approximate surface area is 142 Å². The molecule has 2 N–H and O–H groups in total. The van der Waals surface area contributed by atoms with E-state index in [2.05, 4.69) is 13.0 Å². The van der Waals surface area contributed by atoms with Crippen LogP contribution in [0.15, 0.2) is 29.2 Å². The summed E-state index contributed by atoms with van der Waals surface area (Å²) in [7, 11) is 0. The van der Waals surface area contributed by atoms with Gasteiger partial charge in [-0.25, -0.2) is 4.79 Å². The molecule has 1 saturated carbocycles. The van der Waals surface area contributed by atoms with Gasteiger partial charge in [0.15, 0.2) is 0 Å². The number of hydrogen-bond acceptors (Lipinski definition) is 2. The Morgan fingerprint density at radius 1 is 1.36 bits per heavy atom. The van der Waals surface area contributed by atoms with Gasteiger partial charge in [0.05, 0.1) is 0 Å². The van der Waals surface area contributed by atoms with E-state index in [0.717, 1.165) is 42.5 Å². The van der Waals surface area contributed by atoms with Crippen LogP contribution in [0.2, 0.25) is 5.02 Å². The van der Waals surface area contributed by atoms with Gasteiger partial charge in [0, 0.05) is 22.5 Å². The maximum Gasteiger partial charge on any atom is 0.315 e. The number of urea groups is 1. The summed E-state index contributed by atoms with van der Waals surface area (Å²) < 4.78 is 0.